The van der Waals surface area contributed by atoms with Gasteiger partial charge in [-0.05, 0) is 35.7 Å². The average molecular weight is 431 g/mol. The summed E-state index contributed by atoms with van der Waals surface area (Å²) in [7, 11) is 1.61. The lowest BCUT2D eigenvalue weighted by Crippen LogP contribution is -2.50. The van der Waals surface area contributed by atoms with Crippen LogP contribution in [0.5, 0.6) is 5.75 Å². The summed E-state index contributed by atoms with van der Waals surface area (Å²) >= 11 is 0. The van der Waals surface area contributed by atoms with Crippen molar-refractivity contribution >= 4 is 11.8 Å². The highest BCUT2D eigenvalue weighted by molar-refractivity contribution is 5.88. The second kappa shape index (κ2) is 11.7. The molecule has 0 bridgehead atoms. The van der Waals surface area contributed by atoms with Gasteiger partial charge in [-0.15, -0.1) is 0 Å². The molecular weight excluding hydrogens is 400 g/mol. The second-order valence-corrected chi connectivity index (χ2v) is 7.63. The molecule has 0 unspecified atom stereocenters. The maximum atomic E-state index is 13.5. The van der Waals surface area contributed by atoms with E-state index in [1.54, 1.807) is 12.0 Å². The van der Waals surface area contributed by atoms with Crippen molar-refractivity contribution in [3.63, 3.8) is 0 Å². The van der Waals surface area contributed by atoms with E-state index in [4.69, 9.17) is 4.74 Å². The van der Waals surface area contributed by atoms with Crippen LogP contribution >= 0.6 is 0 Å². The first-order valence-electron chi connectivity index (χ1n) is 10.9. The zero-order valence-electron chi connectivity index (χ0n) is 18.7. The van der Waals surface area contributed by atoms with Gasteiger partial charge < -0.3 is 15.0 Å². The van der Waals surface area contributed by atoms with Gasteiger partial charge in [0.25, 0.3) is 0 Å². The fourth-order valence-electron chi connectivity index (χ4n) is 3.65. The normalized spacial score (nSPS) is 11.4. The molecule has 3 aromatic carbocycles. The van der Waals surface area contributed by atoms with Crippen LogP contribution in [-0.4, -0.2) is 36.4 Å². The van der Waals surface area contributed by atoms with Gasteiger partial charge in [0.15, 0.2) is 0 Å². The number of carbonyl (C=O) groups is 2. The number of rotatable bonds is 10. The number of hydrogen-bond donors (Lipinski definition) is 1. The van der Waals surface area contributed by atoms with Crippen molar-refractivity contribution < 1.29 is 14.3 Å². The summed E-state index contributed by atoms with van der Waals surface area (Å²) < 4.78 is 5.22. The van der Waals surface area contributed by atoms with Crippen LogP contribution in [0.2, 0.25) is 0 Å². The maximum absolute atomic E-state index is 13.5. The molecule has 5 heteroatoms. The van der Waals surface area contributed by atoms with Crippen molar-refractivity contribution in [2.45, 2.75) is 32.4 Å². The summed E-state index contributed by atoms with van der Waals surface area (Å²) in [6.07, 6.45) is 0.662. The maximum Gasteiger partial charge on any atom is 0.243 e. The van der Waals surface area contributed by atoms with Crippen molar-refractivity contribution in [2.24, 2.45) is 0 Å². The monoisotopic (exact) mass is 430 g/mol. The number of methoxy groups -OCH3 is 1. The molecule has 0 fully saturated rings. The van der Waals surface area contributed by atoms with Crippen molar-refractivity contribution in [3.8, 4) is 5.75 Å². The predicted octanol–water partition coefficient (Wildman–Crippen LogP) is 4.01. The Hall–Kier alpha value is -3.60. The Morgan fingerprint density at radius 2 is 1.44 bits per heavy atom. The molecule has 0 aromatic heterocycles. The van der Waals surface area contributed by atoms with E-state index in [1.165, 1.54) is 0 Å². The van der Waals surface area contributed by atoms with Gasteiger partial charge in [-0.1, -0.05) is 72.8 Å². The van der Waals surface area contributed by atoms with Gasteiger partial charge in [0.1, 0.15) is 11.8 Å². The number of likely N-dealkylation sites (N-methyl/N-ethyl adjacent to an activating group) is 1. The van der Waals surface area contributed by atoms with Crippen LogP contribution in [0.1, 0.15) is 23.6 Å². The zero-order valence-corrected chi connectivity index (χ0v) is 18.7. The number of amides is 2. The number of ether oxygens (including phenoxy) is 1. The van der Waals surface area contributed by atoms with Gasteiger partial charge in [0.2, 0.25) is 11.8 Å². The lowest BCUT2D eigenvalue weighted by Gasteiger charge is -2.31. The molecule has 2 amide bonds. The molecule has 5 nitrogen and oxygen atoms in total. The Labute approximate surface area is 190 Å². The summed E-state index contributed by atoms with van der Waals surface area (Å²) in [4.78, 5) is 28.3. The third kappa shape index (κ3) is 6.45. The Kier molecular flexibility index (Phi) is 8.44. The molecule has 0 spiro atoms. The third-order valence-corrected chi connectivity index (χ3v) is 5.33. The molecule has 0 aliphatic carbocycles. The minimum Gasteiger partial charge on any atom is -0.497 e. The Morgan fingerprint density at radius 3 is 2.00 bits per heavy atom. The molecule has 1 atom stereocenters. The molecule has 0 aliphatic rings. The van der Waals surface area contributed by atoms with Gasteiger partial charge in [0, 0.05) is 19.5 Å². The molecular formula is C27H30N2O3. The highest BCUT2D eigenvalue weighted by atomic mass is 16.5. The number of carbonyl (C=O) groups excluding carboxylic acids is 2. The van der Waals surface area contributed by atoms with Crippen LogP contribution in [0.4, 0.5) is 0 Å². The fourth-order valence-corrected chi connectivity index (χ4v) is 3.65. The Bertz CT molecular complexity index is 988. The summed E-state index contributed by atoms with van der Waals surface area (Å²) in [5.74, 6) is 0.508. The minimum absolute atomic E-state index is 0.0915. The zero-order chi connectivity index (χ0) is 22.8. The van der Waals surface area contributed by atoms with E-state index in [0.29, 0.717) is 19.5 Å². The summed E-state index contributed by atoms with van der Waals surface area (Å²) in [6, 6.07) is 26.5. The van der Waals surface area contributed by atoms with Crippen LogP contribution in [0.3, 0.4) is 0 Å². The van der Waals surface area contributed by atoms with E-state index in [2.05, 4.69) is 5.32 Å². The molecule has 1 N–H and O–H groups in total. The summed E-state index contributed by atoms with van der Waals surface area (Å²) in [5.41, 5.74) is 2.88. The Morgan fingerprint density at radius 1 is 0.844 bits per heavy atom. The Balaban J connectivity index is 1.91. The van der Waals surface area contributed by atoms with E-state index in [1.807, 2.05) is 91.9 Å². The highest BCUT2D eigenvalue weighted by Gasteiger charge is 2.30. The van der Waals surface area contributed by atoms with Crippen molar-refractivity contribution in [1.29, 1.82) is 0 Å². The third-order valence-electron chi connectivity index (χ3n) is 5.33. The summed E-state index contributed by atoms with van der Waals surface area (Å²) in [6.45, 7) is 2.76. The van der Waals surface area contributed by atoms with E-state index in [9.17, 15) is 9.59 Å². The molecule has 0 saturated heterocycles. The van der Waals surface area contributed by atoms with Gasteiger partial charge in [0.05, 0.1) is 13.5 Å². The van der Waals surface area contributed by atoms with Gasteiger partial charge in [-0.25, -0.2) is 0 Å². The van der Waals surface area contributed by atoms with Crippen LogP contribution < -0.4 is 10.1 Å². The van der Waals surface area contributed by atoms with E-state index >= 15 is 0 Å². The summed E-state index contributed by atoms with van der Waals surface area (Å²) in [5, 5.41) is 2.92. The first kappa shape index (κ1) is 23.1. The van der Waals surface area contributed by atoms with E-state index in [-0.39, 0.29) is 18.2 Å². The van der Waals surface area contributed by atoms with Crippen LogP contribution in [-0.2, 0) is 29.0 Å². The molecule has 3 rings (SSSR count). The molecule has 0 saturated carbocycles. The first-order valence-corrected chi connectivity index (χ1v) is 10.9. The van der Waals surface area contributed by atoms with Crippen LogP contribution in [0.15, 0.2) is 84.9 Å². The molecule has 166 valence electrons. The molecule has 0 radical (unpaired) electrons. The number of nitrogens with zero attached hydrogens (tertiary/aromatic N) is 1. The SMILES string of the molecule is CCNC(=O)[C@@H](Cc1ccccc1)N(Cc1ccccc1)C(=O)Cc1ccc(OC)cc1. The number of nitrogens with one attached hydrogen (secondary N) is 1. The molecule has 32 heavy (non-hydrogen) atoms. The van der Waals surface area contributed by atoms with Crippen molar-refractivity contribution in [1.82, 2.24) is 10.2 Å². The lowest BCUT2D eigenvalue weighted by molar-refractivity contribution is -0.140. The second-order valence-electron chi connectivity index (χ2n) is 7.63. The smallest absolute Gasteiger partial charge is 0.243 e. The van der Waals surface area contributed by atoms with Gasteiger partial charge in [-0.3, -0.25) is 9.59 Å². The highest BCUT2D eigenvalue weighted by Crippen LogP contribution is 2.18. The molecule has 0 heterocycles. The van der Waals surface area contributed by atoms with Crippen LogP contribution in [0.25, 0.3) is 0 Å². The molecule has 3 aromatic rings. The minimum atomic E-state index is -0.608. The van der Waals surface area contributed by atoms with Gasteiger partial charge >= 0.3 is 0 Å². The number of benzene rings is 3. The van der Waals surface area contributed by atoms with Crippen molar-refractivity contribution in [2.75, 3.05) is 13.7 Å². The van der Waals surface area contributed by atoms with E-state index in [0.717, 1.165) is 22.4 Å². The lowest BCUT2D eigenvalue weighted by atomic mass is 10.0. The van der Waals surface area contributed by atoms with Crippen LogP contribution in [0, 0.1) is 0 Å². The van der Waals surface area contributed by atoms with Crippen molar-refractivity contribution in [3.05, 3.63) is 102 Å². The first-order chi connectivity index (χ1) is 15.6. The molecule has 0 aliphatic heterocycles. The standard InChI is InChI=1S/C27H30N2O3/c1-3-28-27(31)25(18-21-10-6-4-7-11-21)29(20-23-12-8-5-9-13-23)26(30)19-22-14-16-24(32-2)17-15-22/h4-17,25H,3,18-20H2,1-2H3,(H,28,31)/t25-/m1/s1. The predicted molar refractivity (Wildman–Crippen MR) is 126 cm³/mol. The quantitative estimate of drug-likeness (QED) is 0.529. The van der Waals surface area contributed by atoms with E-state index < -0.39 is 6.04 Å². The fraction of sp³-hybridized carbons (Fsp3) is 0.259. The average Bonchev–Trinajstić information content (AvgIpc) is 2.83. The largest absolute Gasteiger partial charge is 0.497 e. The van der Waals surface area contributed by atoms with Gasteiger partial charge in [-0.2, -0.15) is 0 Å². The topological polar surface area (TPSA) is 58.6 Å². The number of hydrogen-bond acceptors (Lipinski definition) is 3.